The lowest BCUT2D eigenvalue weighted by molar-refractivity contribution is -0.155. The summed E-state index contributed by atoms with van der Waals surface area (Å²) in [6, 6.07) is 0. The minimum atomic E-state index is -0.349. The molecule has 0 amide bonds. The summed E-state index contributed by atoms with van der Waals surface area (Å²) in [5, 5.41) is 0. The molecule has 2 atom stereocenters. The van der Waals surface area contributed by atoms with E-state index < -0.39 is 0 Å². The average molecular weight is 198 g/mol. The van der Waals surface area contributed by atoms with Gasteiger partial charge in [0.05, 0.1) is 0 Å². The maximum absolute atomic E-state index is 11.7. The highest BCUT2D eigenvalue weighted by Gasteiger charge is 2.40. The summed E-state index contributed by atoms with van der Waals surface area (Å²) in [5.74, 6) is 0.0244. The van der Waals surface area contributed by atoms with Gasteiger partial charge in [-0.05, 0) is 12.8 Å². The summed E-state index contributed by atoms with van der Waals surface area (Å²) in [4.78, 5) is 22.5. The lowest BCUT2D eigenvalue weighted by Gasteiger charge is -2.36. The van der Waals surface area contributed by atoms with Crippen LogP contribution in [0.25, 0.3) is 0 Å². The molecular formula is C11H18O3. The third-order valence-electron chi connectivity index (χ3n) is 2.80. The fourth-order valence-corrected chi connectivity index (χ4v) is 2.25. The molecule has 0 aliphatic heterocycles. The molecule has 0 aromatic carbocycles. The van der Waals surface area contributed by atoms with E-state index in [0.717, 1.165) is 0 Å². The molecule has 0 aromatic heterocycles. The number of ether oxygens (including phenoxy) is 1. The lowest BCUT2D eigenvalue weighted by Crippen LogP contribution is -2.41. The summed E-state index contributed by atoms with van der Waals surface area (Å²) in [7, 11) is 0. The zero-order valence-corrected chi connectivity index (χ0v) is 9.29. The van der Waals surface area contributed by atoms with Crippen molar-refractivity contribution in [1.29, 1.82) is 0 Å². The topological polar surface area (TPSA) is 43.4 Å². The Morgan fingerprint density at radius 2 is 2.07 bits per heavy atom. The molecule has 0 aromatic rings. The van der Waals surface area contributed by atoms with E-state index in [1.165, 1.54) is 6.92 Å². The molecule has 3 nitrogen and oxygen atoms in total. The molecule has 0 spiro atoms. The third-order valence-corrected chi connectivity index (χ3v) is 2.80. The van der Waals surface area contributed by atoms with Gasteiger partial charge >= 0.3 is 5.97 Å². The van der Waals surface area contributed by atoms with E-state index in [1.54, 1.807) is 0 Å². The van der Waals surface area contributed by atoms with Crippen molar-refractivity contribution in [2.24, 2.45) is 11.3 Å². The lowest BCUT2D eigenvalue weighted by atomic mass is 9.70. The van der Waals surface area contributed by atoms with Crippen LogP contribution in [0, 0.1) is 11.3 Å². The van der Waals surface area contributed by atoms with Crippen molar-refractivity contribution in [2.45, 2.75) is 46.6 Å². The van der Waals surface area contributed by atoms with Gasteiger partial charge in [0.25, 0.3) is 0 Å². The minimum Gasteiger partial charge on any atom is -0.463 e. The van der Waals surface area contributed by atoms with Crippen molar-refractivity contribution in [1.82, 2.24) is 0 Å². The van der Waals surface area contributed by atoms with Crippen molar-refractivity contribution < 1.29 is 14.3 Å². The molecule has 1 fully saturated rings. The Labute approximate surface area is 84.8 Å². The van der Waals surface area contributed by atoms with E-state index >= 15 is 0 Å². The Morgan fingerprint density at radius 1 is 1.50 bits per heavy atom. The molecule has 0 radical (unpaired) electrons. The fraction of sp³-hybridized carbons (Fsp3) is 0.818. The molecule has 80 valence electrons. The van der Waals surface area contributed by atoms with E-state index in [9.17, 15) is 9.59 Å². The molecule has 1 rings (SSSR count). The van der Waals surface area contributed by atoms with Crippen molar-refractivity contribution in [2.75, 3.05) is 0 Å². The molecule has 0 bridgehead atoms. The number of ketones is 1. The number of rotatable bonds is 1. The van der Waals surface area contributed by atoms with Crippen LogP contribution in [0.4, 0.5) is 0 Å². The summed E-state index contributed by atoms with van der Waals surface area (Å²) in [5.41, 5.74) is -0.349. The predicted octanol–water partition coefficient (Wildman–Crippen LogP) is 1.94. The van der Waals surface area contributed by atoms with Gasteiger partial charge in [0.15, 0.2) is 0 Å². The Balaban J connectivity index is 2.69. The van der Waals surface area contributed by atoms with Crippen molar-refractivity contribution in [3.63, 3.8) is 0 Å². The van der Waals surface area contributed by atoms with Gasteiger partial charge in [-0.2, -0.15) is 0 Å². The second-order valence-electron chi connectivity index (χ2n) is 4.82. The zero-order chi connectivity index (χ0) is 10.9. The van der Waals surface area contributed by atoms with Crippen molar-refractivity contribution >= 4 is 11.8 Å². The van der Waals surface area contributed by atoms with Gasteiger partial charge in [-0.3, -0.25) is 9.59 Å². The van der Waals surface area contributed by atoms with Gasteiger partial charge in [0, 0.05) is 18.3 Å². The summed E-state index contributed by atoms with van der Waals surface area (Å²) >= 11 is 0. The first-order chi connectivity index (χ1) is 6.33. The number of hydrogen-bond acceptors (Lipinski definition) is 3. The Hall–Kier alpha value is -0.860. The van der Waals surface area contributed by atoms with Crippen LogP contribution in [0.2, 0.25) is 0 Å². The van der Waals surface area contributed by atoms with E-state index in [0.29, 0.717) is 12.8 Å². The Morgan fingerprint density at radius 3 is 2.50 bits per heavy atom. The highest BCUT2D eigenvalue weighted by molar-refractivity contribution is 5.87. The molecule has 14 heavy (non-hydrogen) atoms. The van der Waals surface area contributed by atoms with Crippen LogP contribution in [-0.2, 0) is 14.3 Å². The first kappa shape index (κ1) is 11.2. The predicted molar refractivity (Wildman–Crippen MR) is 52.7 cm³/mol. The van der Waals surface area contributed by atoms with E-state index in [1.807, 2.05) is 20.8 Å². The summed E-state index contributed by atoms with van der Waals surface area (Å²) < 4.78 is 5.15. The van der Waals surface area contributed by atoms with Crippen LogP contribution in [-0.4, -0.2) is 17.9 Å². The maximum atomic E-state index is 11.7. The highest BCUT2D eigenvalue weighted by Crippen LogP contribution is 2.36. The fourth-order valence-electron chi connectivity index (χ4n) is 2.25. The number of hydrogen-bond donors (Lipinski definition) is 0. The van der Waals surface area contributed by atoms with Crippen LogP contribution < -0.4 is 0 Å². The van der Waals surface area contributed by atoms with E-state index in [-0.39, 0.29) is 29.2 Å². The van der Waals surface area contributed by atoms with Gasteiger partial charge in [0.2, 0.25) is 0 Å². The third kappa shape index (κ3) is 2.34. The molecule has 0 N–H and O–H groups in total. The van der Waals surface area contributed by atoms with Gasteiger partial charge in [0.1, 0.15) is 11.9 Å². The summed E-state index contributed by atoms with van der Waals surface area (Å²) in [6.07, 6.45) is 1.23. The number of Topliss-reactive ketones (excluding diaryl/α,β-unsaturated/α-hetero) is 1. The van der Waals surface area contributed by atoms with Gasteiger partial charge in [-0.15, -0.1) is 0 Å². The first-order valence-electron chi connectivity index (χ1n) is 5.04. The van der Waals surface area contributed by atoms with Gasteiger partial charge in [-0.25, -0.2) is 0 Å². The monoisotopic (exact) mass is 198 g/mol. The number of carbonyl (C=O) groups excluding carboxylic acids is 2. The molecule has 0 saturated heterocycles. The molecule has 2 unspecified atom stereocenters. The van der Waals surface area contributed by atoms with Gasteiger partial charge < -0.3 is 4.74 Å². The van der Waals surface area contributed by atoms with Crippen molar-refractivity contribution in [3.8, 4) is 0 Å². The Bertz CT molecular complexity index is 255. The minimum absolute atomic E-state index is 0.00287. The number of esters is 1. The quantitative estimate of drug-likeness (QED) is 0.605. The van der Waals surface area contributed by atoms with Crippen LogP contribution in [0.1, 0.15) is 40.5 Å². The molecule has 0 heterocycles. The molecule has 1 aliphatic rings. The standard InChI is InChI=1S/C11H18O3/c1-7-5-9(14-8(2)12)6-11(3,4)10(7)13/h7,9H,5-6H2,1-4H3. The smallest absolute Gasteiger partial charge is 0.302 e. The normalized spacial score (nSPS) is 31.3. The zero-order valence-electron chi connectivity index (χ0n) is 9.29. The van der Waals surface area contributed by atoms with Crippen LogP contribution in [0.5, 0.6) is 0 Å². The molecule has 1 saturated carbocycles. The van der Waals surface area contributed by atoms with Crippen molar-refractivity contribution in [3.05, 3.63) is 0 Å². The van der Waals surface area contributed by atoms with Gasteiger partial charge in [-0.1, -0.05) is 20.8 Å². The second-order valence-corrected chi connectivity index (χ2v) is 4.82. The van der Waals surface area contributed by atoms with Crippen LogP contribution >= 0.6 is 0 Å². The first-order valence-corrected chi connectivity index (χ1v) is 5.04. The molecule has 3 heteroatoms. The van der Waals surface area contributed by atoms with Crippen LogP contribution in [0.3, 0.4) is 0 Å². The largest absolute Gasteiger partial charge is 0.463 e. The highest BCUT2D eigenvalue weighted by atomic mass is 16.5. The molecule has 1 aliphatic carbocycles. The number of carbonyl (C=O) groups is 2. The second kappa shape index (κ2) is 3.71. The SMILES string of the molecule is CC(=O)OC1CC(C)C(=O)C(C)(C)C1. The molecular weight excluding hydrogens is 180 g/mol. The maximum Gasteiger partial charge on any atom is 0.302 e. The van der Waals surface area contributed by atoms with E-state index in [2.05, 4.69) is 0 Å². The van der Waals surface area contributed by atoms with Crippen LogP contribution in [0.15, 0.2) is 0 Å². The average Bonchev–Trinajstić information content (AvgIpc) is 1.98. The summed E-state index contributed by atoms with van der Waals surface area (Å²) in [6.45, 7) is 7.15. The Kier molecular flexibility index (Phi) is 2.98. The van der Waals surface area contributed by atoms with E-state index in [4.69, 9.17) is 4.74 Å².